The highest BCUT2D eigenvalue weighted by Gasteiger charge is 2.23. The molecule has 2 N–H and O–H groups in total. The van der Waals surface area contributed by atoms with Crippen molar-refractivity contribution < 1.29 is 4.79 Å². The monoisotopic (exact) mass is 295 g/mol. The summed E-state index contributed by atoms with van der Waals surface area (Å²) in [6, 6.07) is 7.62. The molecule has 1 aliphatic heterocycles. The van der Waals surface area contributed by atoms with E-state index in [-0.39, 0.29) is 5.91 Å². The molecule has 1 saturated heterocycles. The lowest BCUT2D eigenvalue weighted by Gasteiger charge is -2.21. The Morgan fingerprint density at radius 1 is 1.55 bits per heavy atom. The normalized spacial score (nSPS) is 19.2. The van der Waals surface area contributed by atoms with Gasteiger partial charge in [-0.2, -0.15) is 0 Å². The Hall–Kier alpha value is -1.10. The molecular weight excluding hydrogens is 274 g/mol. The lowest BCUT2D eigenvalue weighted by atomic mass is 10.1. The van der Waals surface area contributed by atoms with Crippen LogP contribution in [0.3, 0.4) is 0 Å². The van der Waals surface area contributed by atoms with Crippen LogP contribution in [-0.4, -0.2) is 48.9 Å². The molecule has 0 aromatic heterocycles. The van der Waals surface area contributed by atoms with Gasteiger partial charge in [-0.25, -0.2) is 0 Å². The summed E-state index contributed by atoms with van der Waals surface area (Å²) in [4.78, 5) is 16.1. The maximum absolute atomic E-state index is 12.2. The summed E-state index contributed by atoms with van der Waals surface area (Å²) >= 11 is 5.95. The topological polar surface area (TPSA) is 49.6 Å². The van der Waals surface area contributed by atoms with Crippen LogP contribution in [-0.2, 0) is 11.3 Å². The fourth-order valence-electron chi connectivity index (χ4n) is 2.56. The summed E-state index contributed by atoms with van der Waals surface area (Å²) < 4.78 is 0. The van der Waals surface area contributed by atoms with Crippen LogP contribution in [0.2, 0.25) is 5.02 Å². The molecule has 1 amide bonds. The largest absolute Gasteiger partial charge is 0.340 e. The average molecular weight is 296 g/mol. The van der Waals surface area contributed by atoms with Crippen LogP contribution in [0.4, 0.5) is 0 Å². The predicted octanol–water partition coefficient (Wildman–Crippen LogP) is 1.58. The van der Waals surface area contributed by atoms with Crippen molar-refractivity contribution in [1.82, 2.24) is 9.80 Å². The number of amides is 1. The van der Waals surface area contributed by atoms with Crippen molar-refractivity contribution in [3.63, 3.8) is 0 Å². The molecule has 0 aliphatic carbocycles. The third-order valence-corrected chi connectivity index (χ3v) is 4.03. The van der Waals surface area contributed by atoms with E-state index in [1.807, 2.05) is 31.3 Å². The molecule has 20 heavy (non-hydrogen) atoms. The summed E-state index contributed by atoms with van der Waals surface area (Å²) in [7, 11) is 1.83. The SMILES string of the molecule is CN(Cc1cccc(Cl)c1)C(=O)CN1CCC(CN)C1. The smallest absolute Gasteiger partial charge is 0.236 e. The molecule has 1 atom stereocenters. The molecule has 2 rings (SSSR count). The minimum Gasteiger partial charge on any atom is -0.340 e. The van der Waals surface area contributed by atoms with Crippen molar-refractivity contribution in [2.45, 2.75) is 13.0 Å². The molecule has 0 spiro atoms. The first-order valence-electron chi connectivity index (χ1n) is 6.99. The highest BCUT2D eigenvalue weighted by molar-refractivity contribution is 6.30. The Balaban J connectivity index is 1.83. The van der Waals surface area contributed by atoms with Gasteiger partial charge in [-0.15, -0.1) is 0 Å². The predicted molar refractivity (Wildman–Crippen MR) is 81.5 cm³/mol. The fourth-order valence-corrected chi connectivity index (χ4v) is 2.77. The van der Waals surface area contributed by atoms with Gasteiger partial charge < -0.3 is 10.6 Å². The third kappa shape index (κ3) is 4.20. The number of likely N-dealkylation sites (tertiary alicyclic amines) is 1. The number of nitrogens with two attached hydrogens (primary N) is 1. The van der Waals surface area contributed by atoms with E-state index in [4.69, 9.17) is 17.3 Å². The van der Waals surface area contributed by atoms with Crippen LogP contribution in [0, 0.1) is 5.92 Å². The Labute approximate surface area is 125 Å². The summed E-state index contributed by atoms with van der Waals surface area (Å²) in [5, 5.41) is 0.702. The average Bonchev–Trinajstić information content (AvgIpc) is 2.86. The number of halogens is 1. The number of hydrogen-bond acceptors (Lipinski definition) is 3. The second kappa shape index (κ2) is 7.07. The van der Waals surface area contributed by atoms with Gasteiger partial charge >= 0.3 is 0 Å². The van der Waals surface area contributed by atoms with Crippen LogP contribution in [0.1, 0.15) is 12.0 Å². The number of likely N-dealkylation sites (N-methyl/N-ethyl adjacent to an activating group) is 1. The van der Waals surface area contributed by atoms with Crippen molar-refractivity contribution in [3.8, 4) is 0 Å². The zero-order chi connectivity index (χ0) is 14.5. The fraction of sp³-hybridized carbons (Fsp3) is 0.533. The molecule has 110 valence electrons. The summed E-state index contributed by atoms with van der Waals surface area (Å²) in [6.07, 6.45) is 1.10. The maximum Gasteiger partial charge on any atom is 0.236 e. The van der Waals surface area contributed by atoms with Crippen LogP contribution in [0.25, 0.3) is 0 Å². The summed E-state index contributed by atoms with van der Waals surface area (Å²) in [6.45, 7) is 3.69. The Morgan fingerprint density at radius 3 is 3.00 bits per heavy atom. The van der Waals surface area contributed by atoms with Gasteiger partial charge in [-0.1, -0.05) is 23.7 Å². The zero-order valence-electron chi connectivity index (χ0n) is 11.9. The van der Waals surface area contributed by atoms with E-state index >= 15 is 0 Å². The molecule has 1 unspecified atom stereocenters. The van der Waals surface area contributed by atoms with Crippen LogP contribution in [0.5, 0.6) is 0 Å². The van der Waals surface area contributed by atoms with E-state index < -0.39 is 0 Å². The van der Waals surface area contributed by atoms with Gasteiger partial charge in [0.15, 0.2) is 0 Å². The molecule has 0 saturated carbocycles. The molecule has 1 aliphatic rings. The highest BCUT2D eigenvalue weighted by Crippen LogP contribution is 2.15. The number of carbonyl (C=O) groups is 1. The van der Waals surface area contributed by atoms with Gasteiger partial charge in [-0.05, 0) is 43.1 Å². The summed E-state index contributed by atoms with van der Waals surface area (Å²) in [5.74, 6) is 0.684. The van der Waals surface area contributed by atoms with Crippen molar-refractivity contribution in [3.05, 3.63) is 34.9 Å². The van der Waals surface area contributed by atoms with E-state index in [1.165, 1.54) is 0 Å². The minimum atomic E-state index is 0.141. The molecule has 4 nitrogen and oxygen atoms in total. The van der Waals surface area contributed by atoms with E-state index in [1.54, 1.807) is 4.90 Å². The Morgan fingerprint density at radius 2 is 2.35 bits per heavy atom. The Bertz CT molecular complexity index is 466. The molecule has 5 heteroatoms. The molecular formula is C15H22ClN3O. The number of nitrogens with zero attached hydrogens (tertiary/aromatic N) is 2. The molecule has 1 aromatic rings. The lowest BCUT2D eigenvalue weighted by molar-refractivity contribution is -0.131. The molecule has 1 heterocycles. The Kier molecular flexibility index (Phi) is 5.40. The van der Waals surface area contributed by atoms with Crippen LogP contribution < -0.4 is 5.73 Å². The third-order valence-electron chi connectivity index (χ3n) is 3.80. The van der Waals surface area contributed by atoms with Crippen molar-refractivity contribution in [2.24, 2.45) is 11.7 Å². The van der Waals surface area contributed by atoms with Gasteiger partial charge in [-0.3, -0.25) is 9.69 Å². The van der Waals surface area contributed by atoms with E-state index in [9.17, 15) is 4.79 Å². The van der Waals surface area contributed by atoms with Crippen molar-refractivity contribution in [2.75, 3.05) is 33.2 Å². The first-order chi connectivity index (χ1) is 9.58. The standard InChI is InChI=1S/C15H22ClN3O/c1-18(9-12-3-2-4-14(16)7-12)15(20)11-19-6-5-13(8-17)10-19/h2-4,7,13H,5-6,8-11,17H2,1H3. The van der Waals surface area contributed by atoms with Crippen molar-refractivity contribution in [1.29, 1.82) is 0 Å². The number of carbonyl (C=O) groups excluding carboxylic acids is 1. The molecule has 0 radical (unpaired) electrons. The van der Waals surface area contributed by atoms with E-state index in [0.717, 1.165) is 25.1 Å². The van der Waals surface area contributed by atoms with Gasteiger partial charge in [0.1, 0.15) is 0 Å². The quantitative estimate of drug-likeness (QED) is 0.897. The van der Waals surface area contributed by atoms with Crippen molar-refractivity contribution >= 4 is 17.5 Å². The number of hydrogen-bond donors (Lipinski definition) is 1. The zero-order valence-corrected chi connectivity index (χ0v) is 12.6. The van der Waals surface area contributed by atoms with E-state index in [2.05, 4.69) is 4.90 Å². The van der Waals surface area contributed by atoms with E-state index in [0.29, 0.717) is 30.6 Å². The van der Waals surface area contributed by atoms with Gasteiger partial charge in [0.05, 0.1) is 6.54 Å². The van der Waals surface area contributed by atoms with Gasteiger partial charge in [0.2, 0.25) is 5.91 Å². The first-order valence-corrected chi connectivity index (χ1v) is 7.37. The van der Waals surface area contributed by atoms with Crippen LogP contribution in [0.15, 0.2) is 24.3 Å². The highest BCUT2D eigenvalue weighted by atomic mass is 35.5. The maximum atomic E-state index is 12.2. The minimum absolute atomic E-state index is 0.141. The first kappa shape index (κ1) is 15.3. The molecule has 1 fully saturated rings. The van der Waals surface area contributed by atoms with Crippen LogP contribution >= 0.6 is 11.6 Å². The van der Waals surface area contributed by atoms with Gasteiger partial charge in [0.25, 0.3) is 0 Å². The summed E-state index contributed by atoms with van der Waals surface area (Å²) in [5.41, 5.74) is 6.72. The van der Waals surface area contributed by atoms with Gasteiger partial charge in [0, 0.05) is 25.2 Å². The number of rotatable bonds is 5. The lowest BCUT2D eigenvalue weighted by Crippen LogP contribution is -2.37. The molecule has 0 bridgehead atoms. The second-order valence-corrected chi connectivity index (χ2v) is 5.94. The second-order valence-electron chi connectivity index (χ2n) is 5.51. The number of benzene rings is 1. The molecule has 1 aromatic carbocycles.